The predicted octanol–water partition coefficient (Wildman–Crippen LogP) is 1.69. The van der Waals surface area contributed by atoms with Gasteiger partial charge >= 0.3 is 0 Å². The van der Waals surface area contributed by atoms with E-state index in [0.717, 1.165) is 0 Å². The molecule has 0 aliphatic carbocycles. The van der Waals surface area contributed by atoms with Crippen molar-refractivity contribution in [1.82, 2.24) is 4.90 Å². The molecule has 1 aliphatic rings. The second-order valence-electron chi connectivity index (χ2n) is 4.49. The number of rotatable bonds is 3. The maximum Gasteiger partial charge on any atom is 0.253 e. The molecule has 1 aromatic rings. The molecular formula is C13H15FN2O2. The van der Waals surface area contributed by atoms with E-state index in [4.69, 9.17) is 0 Å². The number of alkyl halides is 1. The molecule has 0 radical (unpaired) electrons. The van der Waals surface area contributed by atoms with E-state index in [0.29, 0.717) is 24.3 Å². The van der Waals surface area contributed by atoms with E-state index < -0.39 is 0 Å². The molecular weight excluding hydrogens is 235 g/mol. The van der Waals surface area contributed by atoms with Gasteiger partial charge in [0.2, 0.25) is 5.91 Å². The molecule has 2 amide bonds. The molecule has 0 saturated carbocycles. The Labute approximate surface area is 105 Å². The zero-order chi connectivity index (χ0) is 13.1. The van der Waals surface area contributed by atoms with Crippen molar-refractivity contribution >= 4 is 17.5 Å². The Kier molecular flexibility index (Phi) is 3.60. The largest absolute Gasteiger partial charge is 0.338 e. The second kappa shape index (κ2) is 5.16. The number of amides is 2. The van der Waals surface area contributed by atoms with Gasteiger partial charge < -0.3 is 10.2 Å². The summed E-state index contributed by atoms with van der Waals surface area (Å²) in [5.41, 5.74) is 1.21. The van der Waals surface area contributed by atoms with Gasteiger partial charge in [0.05, 0.1) is 6.67 Å². The van der Waals surface area contributed by atoms with Gasteiger partial charge in [0.1, 0.15) is 0 Å². The second-order valence-corrected chi connectivity index (χ2v) is 4.49. The van der Waals surface area contributed by atoms with E-state index in [1.165, 1.54) is 6.92 Å². The minimum absolute atomic E-state index is 0.00685. The van der Waals surface area contributed by atoms with Gasteiger partial charge in [-0.25, -0.2) is 0 Å². The number of nitrogens with one attached hydrogen (secondary N) is 1. The van der Waals surface area contributed by atoms with Gasteiger partial charge in [0.25, 0.3) is 5.91 Å². The molecule has 18 heavy (non-hydrogen) atoms. The van der Waals surface area contributed by atoms with Gasteiger partial charge in [-0.15, -0.1) is 0 Å². The van der Waals surface area contributed by atoms with Crippen LogP contribution in [0.5, 0.6) is 0 Å². The fourth-order valence-corrected chi connectivity index (χ4v) is 1.92. The van der Waals surface area contributed by atoms with Crippen molar-refractivity contribution in [3.05, 3.63) is 29.8 Å². The molecule has 4 nitrogen and oxygen atoms in total. The number of halogens is 1. The standard InChI is InChI=1S/C13H15FN2O2/c1-9(17)15-12-4-2-11(3-5-12)13(18)16-7-10(6-14)8-16/h2-5,10H,6-8H2,1H3,(H,15,17). The fourth-order valence-electron chi connectivity index (χ4n) is 1.92. The number of anilines is 1. The van der Waals surface area contributed by atoms with E-state index in [2.05, 4.69) is 5.32 Å². The van der Waals surface area contributed by atoms with Crippen LogP contribution in [0.15, 0.2) is 24.3 Å². The molecule has 0 aromatic heterocycles. The summed E-state index contributed by atoms with van der Waals surface area (Å²) in [6.45, 7) is 2.03. The minimum atomic E-state index is -0.370. The van der Waals surface area contributed by atoms with Gasteiger partial charge in [-0.2, -0.15) is 0 Å². The van der Waals surface area contributed by atoms with Crippen LogP contribution in [0.3, 0.4) is 0 Å². The molecule has 0 bridgehead atoms. The SMILES string of the molecule is CC(=O)Nc1ccc(C(=O)N2CC(CF)C2)cc1. The average molecular weight is 250 g/mol. The minimum Gasteiger partial charge on any atom is -0.338 e. The predicted molar refractivity (Wildman–Crippen MR) is 66.1 cm³/mol. The van der Waals surface area contributed by atoms with Crippen LogP contribution in [0.25, 0.3) is 0 Å². The molecule has 1 N–H and O–H groups in total. The first kappa shape index (κ1) is 12.5. The molecule has 96 valence electrons. The molecule has 1 saturated heterocycles. The van der Waals surface area contributed by atoms with E-state index in [1.54, 1.807) is 29.2 Å². The highest BCUT2D eigenvalue weighted by atomic mass is 19.1. The number of likely N-dealkylation sites (tertiary alicyclic amines) is 1. The van der Waals surface area contributed by atoms with Gasteiger partial charge in [0, 0.05) is 37.2 Å². The Balaban J connectivity index is 1.97. The molecule has 1 aromatic carbocycles. The molecule has 1 fully saturated rings. The maximum atomic E-state index is 12.3. The molecule has 2 rings (SSSR count). The van der Waals surface area contributed by atoms with Crippen molar-refractivity contribution in [2.75, 3.05) is 25.1 Å². The Bertz CT molecular complexity index is 453. The van der Waals surface area contributed by atoms with Crippen LogP contribution < -0.4 is 5.32 Å². The van der Waals surface area contributed by atoms with E-state index in [-0.39, 0.29) is 24.4 Å². The van der Waals surface area contributed by atoms with Crippen molar-refractivity contribution < 1.29 is 14.0 Å². The Morgan fingerprint density at radius 3 is 2.44 bits per heavy atom. The number of carbonyl (C=O) groups excluding carboxylic acids is 2. The van der Waals surface area contributed by atoms with Crippen molar-refractivity contribution in [3.8, 4) is 0 Å². The zero-order valence-corrected chi connectivity index (χ0v) is 10.1. The highest BCUT2D eigenvalue weighted by molar-refractivity contribution is 5.95. The van der Waals surface area contributed by atoms with Crippen LogP contribution in [0.4, 0.5) is 10.1 Å². The summed E-state index contributed by atoms with van der Waals surface area (Å²) in [6.07, 6.45) is 0. The summed E-state index contributed by atoms with van der Waals surface area (Å²) in [7, 11) is 0. The van der Waals surface area contributed by atoms with Crippen molar-refractivity contribution in [2.45, 2.75) is 6.92 Å². The first-order chi connectivity index (χ1) is 8.60. The van der Waals surface area contributed by atoms with Crippen LogP contribution in [-0.2, 0) is 4.79 Å². The number of hydrogen-bond acceptors (Lipinski definition) is 2. The van der Waals surface area contributed by atoms with Crippen LogP contribution >= 0.6 is 0 Å². The Morgan fingerprint density at radius 2 is 1.94 bits per heavy atom. The third-order valence-corrected chi connectivity index (χ3v) is 2.91. The lowest BCUT2D eigenvalue weighted by molar-refractivity contribution is -0.114. The van der Waals surface area contributed by atoms with Crippen LogP contribution in [-0.4, -0.2) is 36.5 Å². The van der Waals surface area contributed by atoms with Crippen LogP contribution in [0.2, 0.25) is 0 Å². The molecule has 1 aliphatic heterocycles. The van der Waals surface area contributed by atoms with Gasteiger partial charge in [-0.1, -0.05) is 0 Å². The van der Waals surface area contributed by atoms with Gasteiger partial charge in [-0.05, 0) is 24.3 Å². The van der Waals surface area contributed by atoms with Crippen molar-refractivity contribution in [2.24, 2.45) is 5.92 Å². The zero-order valence-electron chi connectivity index (χ0n) is 10.1. The maximum absolute atomic E-state index is 12.3. The third-order valence-electron chi connectivity index (χ3n) is 2.91. The van der Waals surface area contributed by atoms with E-state index in [1.807, 2.05) is 0 Å². The highest BCUT2D eigenvalue weighted by Crippen LogP contribution is 2.19. The van der Waals surface area contributed by atoms with Crippen molar-refractivity contribution in [3.63, 3.8) is 0 Å². The summed E-state index contributed by atoms with van der Waals surface area (Å²) in [5.74, 6) is -0.246. The Hall–Kier alpha value is -1.91. The molecule has 5 heteroatoms. The normalized spacial score (nSPS) is 15.1. The number of benzene rings is 1. The monoisotopic (exact) mass is 250 g/mol. The summed E-state index contributed by atoms with van der Waals surface area (Å²) >= 11 is 0. The quantitative estimate of drug-likeness (QED) is 0.887. The topological polar surface area (TPSA) is 49.4 Å². The molecule has 1 heterocycles. The molecule has 0 spiro atoms. The average Bonchev–Trinajstić information content (AvgIpc) is 2.27. The summed E-state index contributed by atoms with van der Waals surface area (Å²) < 4.78 is 12.3. The Morgan fingerprint density at radius 1 is 1.33 bits per heavy atom. The first-order valence-corrected chi connectivity index (χ1v) is 5.83. The molecule has 0 unspecified atom stereocenters. The number of hydrogen-bond donors (Lipinski definition) is 1. The fraction of sp³-hybridized carbons (Fsp3) is 0.385. The summed E-state index contributed by atoms with van der Waals surface area (Å²) in [4.78, 5) is 24.4. The van der Waals surface area contributed by atoms with Crippen LogP contribution in [0.1, 0.15) is 17.3 Å². The van der Waals surface area contributed by atoms with Crippen molar-refractivity contribution in [1.29, 1.82) is 0 Å². The van der Waals surface area contributed by atoms with Gasteiger partial charge in [0.15, 0.2) is 0 Å². The van der Waals surface area contributed by atoms with E-state index >= 15 is 0 Å². The highest BCUT2D eigenvalue weighted by Gasteiger charge is 2.30. The van der Waals surface area contributed by atoms with Gasteiger partial charge in [-0.3, -0.25) is 14.0 Å². The number of nitrogens with zero attached hydrogens (tertiary/aromatic N) is 1. The van der Waals surface area contributed by atoms with E-state index in [9.17, 15) is 14.0 Å². The first-order valence-electron chi connectivity index (χ1n) is 5.83. The van der Waals surface area contributed by atoms with Crippen LogP contribution in [0, 0.1) is 5.92 Å². The number of carbonyl (C=O) groups is 2. The lowest BCUT2D eigenvalue weighted by Crippen LogP contribution is -2.50. The third kappa shape index (κ3) is 2.67. The lowest BCUT2D eigenvalue weighted by atomic mass is 10.0. The molecule has 0 atom stereocenters. The summed E-state index contributed by atoms with van der Waals surface area (Å²) in [6, 6.07) is 6.69. The smallest absolute Gasteiger partial charge is 0.253 e. The summed E-state index contributed by atoms with van der Waals surface area (Å²) in [5, 5.41) is 2.63. The lowest BCUT2D eigenvalue weighted by Gasteiger charge is -2.37.